The third kappa shape index (κ3) is 3.11. The highest BCUT2D eigenvalue weighted by molar-refractivity contribution is 5.56. The summed E-state index contributed by atoms with van der Waals surface area (Å²) in [5.74, 6) is 0.902. The molecule has 0 amide bonds. The van der Waals surface area contributed by atoms with Gasteiger partial charge in [0, 0.05) is 38.1 Å². The standard InChI is InChI=1S/C19H26N2O2/c1-3-9-20-18-16-10-21(11-17(16)18)13-19(23,14(2)12-22)15-7-5-4-6-8-15/h3-8,12,14,16-18,20,23H,1,9-11,13H2,2H3. The number of rotatable bonds is 8. The normalized spacial score (nSPS) is 30.3. The van der Waals surface area contributed by atoms with Crippen LogP contribution in [0.25, 0.3) is 0 Å². The van der Waals surface area contributed by atoms with Gasteiger partial charge in [-0.25, -0.2) is 0 Å². The highest BCUT2D eigenvalue weighted by Gasteiger charge is 2.56. The van der Waals surface area contributed by atoms with Crippen molar-refractivity contribution in [3.8, 4) is 0 Å². The molecule has 4 unspecified atom stereocenters. The molecule has 1 saturated carbocycles. The lowest BCUT2D eigenvalue weighted by atomic mass is 9.82. The number of carbonyl (C=O) groups is 1. The van der Waals surface area contributed by atoms with Crippen LogP contribution >= 0.6 is 0 Å². The van der Waals surface area contributed by atoms with E-state index in [-0.39, 0.29) is 0 Å². The fraction of sp³-hybridized carbons (Fsp3) is 0.526. The van der Waals surface area contributed by atoms with E-state index in [0.717, 1.165) is 31.5 Å². The molecular formula is C19H26N2O2. The summed E-state index contributed by atoms with van der Waals surface area (Å²) in [7, 11) is 0. The van der Waals surface area contributed by atoms with E-state index < -0.39 is 11.5 Å². The van der Waals surface area contributed by atoms with E-state index in [4.69, 9.17) is 0 Å². The maximum absolute atomic E-state index is 11.3. The van der Waals surface area contributed by atoms with Crippen molar-refractivity contribution in [2.45, 2.75) is 18.6 Å². The number of hydrogen-bond acceptors (Lipinski definition) is 4. The number of aliphatic hydroxyl groups is 1. The first-order valence-corrected chi connectivity index (χ1v) is 8.40. The first-order valence-electron chi connectivity index (χ1n) is 8.40. The fourth-order valence-corrected chi connectivity index (χ4v) is 3.94. The number of β-amino-alcohol motifs (C(OH)–C–C–N with tert-alkyl or cyclic N) is 1. The second-order valence-corrected chi connectivity index (χ2v) is 6.96. The Labute approximate surface area is 138 Å². The van der Waals surface area contributed by atoms with Gasteiger partial charge in [-0.1, -0.05) is 43.3 Å². The summed E-state index contributed by atoms with van der Waals surface area (Å²) in [5.41, 5.74) is -0.300. The molecule has 0 bridgehead atoms. The maximum Gasteiger partial charge on any atom is 0.126 e. The van der Waals surface area contributed by atoms with Gasteiger partial charge < -0.3 is 15.2 Å². The number of carbonyl (C=O) groups excluding carboxylic acids is 1. The molecule has 0 spiro atoms. The van der Waals surface area contributed by atoms with Crippen LogP contribution in [-0.4, -0.2) is 48.5 Å². The molecular weight excluding hydrogens is 288 g/mol. The minimum Gasteiger partial charge on any atom is -0.383 e. The molecule has 23 heavy (non-hydrogen) atoms. The molecule has 0 aromatic heterocycles. The third-order valence-corrected chi connectivity index (χ3v) is 5.46. The molecule has 2 N–H and O–H groups in total. The van der Waals surface area contributed by atoms with Gasteiger partial charge in [0.2, 0.25) is 0 Å². The van der Waals surface area contributed by atoms with Crippen LogP contribution in [0.15, 0.2) is 43.0 Å². The van der Waals surface area contributed by atoms with Gasteiger partial charge in [0.1, 0.15) is 11.9 Å². The monoisotopic (exact) mass is 314 g/mol. The van der Waals surface area contributed by atoms with E-state index in [9.17, 15) is 9.90 Å². The highest BCUT2D eigenvalue weighted by atomic mass is 16.3. The minimum atomic E-state index is -1.12. The lowest BCUT2D eigenvalue weighted by molar-refractivity contribution is -0.121. The number of nitrogens with zero attached hydrogens (tertiary/aromatic N) is 1. The number of piperidine rings is 1. The van der Waals surface area contributed by atoms with Crippen molar-refractivity contribution < 1.29 is 9.90 Å². The number of benzene rings is 1. The van der Waals surface area contributed by atoms with Crippen LogP contribution < -0.4 is 5.32 Å². The second kappa shape index (κ2) is 6.56. The van der Waals surface area contributed by atoms with Crippen molar-refractivity contribution in [2.24, 2.45) is 17.8 Å². The van der Waals surface area contributed by atoms with Crippen LogP contribution in [0.2, 0.25) is 0 Å². The van der Waals surface area contributed by atoms with E-state index in [1.807, 2.05) is 36.4 Å². The van der Waals surface area contributed by atoms with Gasteiger partial charge in [0.25, 0.3) is 0 Å². The number of nitrogens with one attached hydrogen (secondary N) is 1. The Morgan fingerprint density at radius 3 is 2.61 bits per heavy atom. The van der Waals surface area contributed by atoms with Gasteiger partial charge in [-0.15, -0.1) is 6.58 Å². The van der Waals surface area contributed by atoms with Gasteiger partial charge in [-0.2, -0.15) is 0 Å². The quantitative estimate of drug-likeness (QED) is 0.563. The number of likely N-dealkylation sites (tertiary alicyclic amines) is 1. The van der Waals surface area contributed by atoms with Crippen LogP contribution in [-0.2, 0) is 10.4 Å². The predicted molar refractivity (Wildman–Crippen MR) is 91.0 cm³/mol. The molecule has 4 heteroatoms. The summed E-state index contributed by atoms with van der Waals surface area (Å²) in [5, 5.41) is 14.7. The van der Waals surface area contributed by atoms with Crippen LogP contribution in [0.4, 0.5) is 0 Å². The zero-order valence-electron chi connectivity index (χ0n) is 13.7. The van der Waals surface area contributed by atoms with Gasteiger partial charge >= 0.3 is 0 Å². The van der Waals surface area contributed by atoms with Gasteiger partial charge in [0.15, 0.2) is 0 Å². The molecule has 1 aromatic carbocycles. The Morgan fingerprint density at radius 1 is 1.39 bits per heavy atom. The Bertz CT molecular complexity index is 550. The summed E-state index contributed by atoms with van der Waals surface area (Å²) in [4.78, 5) is 13.6. The van der Waals surface area contributed by atoms with Crippen LogP contribution in [0.5, 0.6) is 0 Å². The molecule has 4 atom stereocenters. The van der Waals surface area contributed by atoms with Crippen molar-refractivity contribution in [2.75, 3.05) is 26.2 Å². The zero-order valence-corrected chi connectivity index (χ0v) is 13.7. The third-order valence-electron chi connectivity index (χ3n) is 5.46. The zero-order chi connectivity index (χ0) is 16.4. The van der Waals surface area contributed by atoms with E-state index in [0.29, 0.717) is 24.4 Å². The Hall–Kier alpha value is -1.49. The summed E-state index contributed by atoms with van der Waals surface area (Å²) in [6, 6.07) is 10.2. The average Bonchev–Trinajstić information content (AvgIpc) is 3.03. The van der Waals surface area contributed by atoms with Crippen LogP contribution in [0.3, 0.4) is 0 Å². The number of fused-ring (bicyclic) bond motifs is 1. The second-order valence-electron chi connectivity index (χ2n) is 6.96. The number of aldehydes is 1. The first kappa shape index (κ1) is 16.4. The average molecular weight is 314 g/mol. The summed E-state index contributed by atoms with van der Waals surface area (Å²) < 4.78 is 0. The molecule has 0 radical (unpaired) electrons. The minimum absolute atomic E-state index is 0.434. The van der Waals surface area contributed by atoms with Crippen molar-refractivity contribution in [1.82, 2.24) is 10.2 Å². The van der Waals surface area contributed by atoms with Crippen LogP contribution in [0, 0.1) is 17.8 Å². The van der Waals surface area contributed by atoms with E-state index in [1.54, 1.807) is 6.92 Å². The SMILES string of the molecule is C=CCNC1C2CN(CC(O)(c3ccccc3)C(C)C=O)CC21. The van der Waals surface area contributed by atoms with Crippen molar-refractivity contribution in [3.05, 3.63) is 48.6 Å². The van der Waals surface area contributed by atoms with E-state index >= 15 is 0 Å². The predicted octanol–water partition coefficient (Wildman–Crippen LogP) is 1.41. The summed E-state index contributed by atoms with van der Waals surface area (Å²) in [6.07, 6.45) is 2.75. The van der Waals surface area contributed by atoms with Gasteiger partial charge in [-0.3, -0.25) is 4.90 Å². The molecule has 1 saturated heterocycles. The van der Waals surface area contributed by atoms with E-state index in [2.05, 4.69) is 16.8 Å². The van der Waals surface area contributed by atoms with E-state index in [1.165, 1.54) is 0 Å². The molecule has 1 aliphatic heterocycles. The molecule has 3 rings (SSSR count). The first-order chi connectivity index (χ1) is 11.1. The molecule has 1 heterocycles. The van der Waals surface area contributed by atoms with Gasteiger partial charge in [-0.05, 0) is 17.4 Å². The van der Waals surface area contributed by atoms with Crippen molar-refractivity contribution >= 4 is 6.29 Å². The highest BCUT2D eigenvalue weighted by Crippen LogP contribution is 2.46. The van der Waals surface area contributed by atoms with Crippen molar-refractivity contribution in [1.29, 1.82) is 0 Å². The lowest BCUT2D eigenvalue weighted by Crippen LogP contribution is -2.46. The molecule has 1 aliphatic carbocycles. The molecule has 1 aromatic rings. The maximum atomic E-state index is 11.3. The Balaban J connectivity index is 1.65. The topological polar surface area (TPSA) is 52.6 Å². The van der Waals surface area contributed by atoms with Crippen LogP contribution in [0.1, 0.15) is 12.5 Å². The fourth-order valence-electron chi connectivity index (χ4n) is 3.94. The largest absolute Gasteiger partial charge is 0.383 e. The van der Waals surface area contributed by atoms with Gasteiger partial charge in [0.05, 0.1) is 0 Å². The Kier molecular flexibility index (Phi) is 4.67. The molecule has 2 aliphatic rings. The molecule has 124 valence electrons. The smallest absolute Gasteiger partial charge is 0.126 e. The molecule has 2 fully saturated rings. The van der Waals surface area contributed by atoms with Crippen molar-refractivity contribution in [3.63, 3.8) is 0 Å². The molecule has 4 nitrogen and oxygen atoms in total. The summed E-state index contributed by atoms with van der Waals surface area (Å²) in [6.45, 7) is 8.88. The summed E-state index contributed by atoms with van der Waals surface area (Å²) >= 11 is 0. The Morgan fingerprint density at radius 2 is 2.04 bits per heavy atom. The lowest BCUT2D eigenvalue weighted by Gasteiger charge is -2.36. The number of hydrogen-bond donors (Lipinski definition) is 2.